The third-order valence-corrected chi connectivity index (χ3v) is 6.82. The molecule has 2 amide bonds. The number of carbonyl (C=O) groups excluding carboxylic acids is 1. The fraction of sp³-hybridized carbons (Fsp3) is 0.259. The number of H-pyrrole nitrogens is 1. The molecular weight excluding hydrogens is 502 g/mol. The fourth-order valence-corrected chi connectivity index (χ4v) is 4.81. The van der Waals surface area contributed by atoms with Gasteiger partial charge in [0.25, 0.3) is 0 Å². The lowest BCUT2D eigenvalue weighted by Crippen LogP contribution is -2.49. The van der Waals surface area contributed by atoms with Crippen molar-refractivity contribution in [3.8, 4) is 17.5 Å². The number of urea groups is 1. The molecule has 0 spiro atoms. The minimum absolute atomic E-state index is 0.0000302. The summed E-state index contributed by atoms with van der Waals surface area (Å²) in [5, 5.41) is 23.0. The average molecular weight is 528 g/mol. The predicted octanol–water partition coefficient (Wildman–Crippen LogP) is 4.93. The molecule has 192 valence electrons. The van der Waals surface area contributed by atoms with E-state index < -0.39 is 0 Å². The van der Waals surface area contributed by atoms with E-state index in [0.717, 1.165) is 31.2 Å². The Morgan fingerprint density at radius 2 is 1.87 bits per heavy atom. The number of nitriles is 1. The van der Waals surface area contributed by atoms with Crippen molar-refractivity contribution in [3.05, 3.63) is 83.3 Å². The van der Waals surface area contributed by atoms with E-state index in [1.54, 1.807) is 11.1 Å². The van der Waals surface area contributed by atoms with Crippen LogP contribution in [0.4, 0.5) is 16.6 Å². The molecule has 3 heterocycles. The van der Waals surface area contributed by atoms with E-state index >= 15 is 0 Å². The number of pyridine rings is 1. The number of hydrogen-bond donors (Lipinski definition) is 3. The van der Waals surface area contributed by atoms with Crippen molar-refractivity contribution >= 4 is 29.4 Å². The van der Waals surface area contributed by atoms with Gasteiger partial charge in [0.2, 0.25) is 5.95 Å². The maximum absolute atomic E-state index is 13.3. The molecule has 3 N–H and O–H groups in total. The van der Waals surface area contributed by atoms with E-state index in [1.807, 2.05) is 48.5 Å². The van der Waals surface area contributed by atoms with Crippen LogP contribution in [0.2, 0.25) is 5.02 Å². The van der Waals surface area contributed by atoms with Crippen molar-refractivity contribution in [3.63, 3.8) is 0 Å². The van der Waals surface area contributed by atoms with E-state index in [1.165, 1.54) is 12.4 Å². The second-order valence-electron chi connectivity index (χ2n) is 9.01. The Morgan fingerprint density at radius 1 is 1.08 bits per heavy atom. The predicted molar refractivity (Wildman–Crippen MR) is 144 cm³/mol. The highest BCUT2D eigenvalue weighted by molar-refractivity contribution is 6.32. The zero-order chi connectivity index (χ0) is 26.3. The van der Waals surface area contributed by atoms with Crippen molar-refractivity contribution in [2.45, 2.75) is 44.3 Å². The second kappa shape index (κ2) is 11.7. The fourth-order valence-electron chi connectivity index (χ4n) is 4.63. The molecular formula is C27H26ClN9O. The SMILES string of the molecule is N#Cc1cnc(NC2CCC(N(C(=O)NCc3ccccc3)c3ccccn3)CC2)nc1-c1[nH]ncc1Cl. The maximum atomic E-state index is 13.3. The van der Waals surface area contributed by atoms with Gasteiger partial charge in [-0.25, -0.2) is 19.7 Å². The highest BCUT2D eigenvalue weighted by Gasteiger charge is 2.31. The van der Waals surface area contributed by atoms with Crippen molar-refractivity contribution in [1.29, 1.82) is 5.26 Å². The summed E-state index contributed by atoms with van der Waals surface area (Å²) in [4.78, 5) is 28.4. The Morgan fingerprint density at radius 3 is 2.55 bits per heavy atom. The molecule has 5 rings (SSSR count). The van der Waals surface area contributed by atoms with Crippen molar-refractivity contribution < 1.29 is 4.79 Å². The van der Waals surface area contributed by atoms with Gasteiger partial charge in [0.15, 0.2) is 0 Å². The molecule has 1 aromatic carbocycles. The lowest BCUT2D eigenvalue weighted by molar-refractivity contribution is 0.240. The number of halogens is 1. The minimum Gasteiger partial charge on any atom is -0.351 e. The van der Waals surface area contributed by atoms with Gasteiger partial charge in [-0.15, -0.1) is 0 Å². The van der Waals surface area contributed by atoms with Gasteiger partial charge in [-0.1, -0.05) is 48.0 Å². The zero-order valence-electron chi connectivity index (χ0n) is 20.5. The van der Waals surface area contributed by atoms with Crippen LogP contribution in [-0.4, -0.2) is 43.3 Å². The molecule has 1 saturated carbocycles. The molecule has 1 aliphatic carbocycles. The molecule has 1 aliphatic rings. The molecule has 0 bridgehead atoms. The Balaban J connectivity index is 1.26. The molecule has 0 unspecified atom stereocenters. The number of hydrogen-bond acceptors (Lipinski definition) is 7. The summed E-state index contributed by atoms with van der Waals surface area (Å²) in [6.07, 6.45) is 7.83. The summed E-state index contributed by atoms with van der Waals surface area (Å²) < 4.78 is 0. The normalized spacial score (nSPS) is 16.8. The van der Waals surface area contributed by atoms with Gasteiger partial charge in [-0.2, -0.15) is 10.4 Å². The number of aromatic amines is 1. The zero-order valence-corrected chi connectivity index (χ0v) is 21.3. The molecule has 11 heteroatoms. The lowest BCUT2D eigenvalue weighted by atomic mass is 9.90. The van der Waals surface area contributed by atoms with Crippen LogP contribution in [0.5, 0.6) is 0 Å². The Kier molecular flexibility index (Phi) is 7.75. The first-order chi connectivity index (χ1) is 18.6. The van der Waals surface area contributed by atoms with Gasteiger partial charge >= 0.3 is 6.03 Å². The number of benzene rings is 1. The molecule has 0 saturated heterocycles. The molecule has 0 aliphatic heterocycles. The van der Waals surface area contributed by atoms with Crippen LogP contribution in [0.25, 0.3) is 11.4 Å². The van der Waals surface area contributed by atoms with Gasteiger partial charge in [0, 0.05) is 24.8 Å². The highest BCUT2D eigenvalue weighted by Crippen LogP contribution is 2.30. The first kappa shape index (κ1) is 25.2. The standard InChI is InChI=1S/C27H26ClN9O/c28-22-17-33-36-25(22)24-19(14-29)16-31-26(35-24)34-20-9-11-21(12-10-20)37(23-8-4-5-13-30-23)27(38)32-15-18-6-2-1-3-7-18/h1-8,13,16-17,20-21H,9-12,15H2,(H,32,38)(H,33,36)(H,31,34,35). The summed E-state index contributed by atoms with van der Waals surface area (Å²) >= 11 is 6.20. The van der Waals surface area contributed by atoms with Crippen LogP contribution in [0, 0.1) is 11.3 Å². The summed E-state index contributed by atoms with van der Waals surface area (Å²) in [6.45, 7) is 0.443. The van der Waals surface area contributed by atoms with Crippen molar-refractivity contribution in [2.75, 3.05) is 10.2 Å². The minimum atomic E-state index is -0.166. The monoisotopic (exact) mass is 527 g/mol. The summed E-state index contributed by atoms with van der Waals surface area (Å²) in [5.74, 6) is 1.04. The molecule has 10 nitrogen and oxygen atoms in total. The number of rotatable bonds is 7. The van der Waals surface area contributed by atoms with Gasteiger partial charge in [0.05, 0.1) is 23.0 Å². The average Bonchev–Trinajstić information content (AvgIpc) is 3.39. The van der Waals surface area contributed by atoms with Gasteiger partial charge in [0.1, 0.15) is 23.3 Å². The van der Waals surface area contributed by atoms with E-state index in [-0.39, 0.29) is 18.1 Å². The van der Waals surface area contributed by atoms with E-state index in [2.05, 4.69) is 41.9 Å². The van der Waals surface area contributed by atoms with E-state index in [0.29, 0.717) is 40.3 Å². The van der Waals surface area contributed by atoms with Crippen LogP contribution >= 0.6 is 11.6 Å². The van der Waals surface area contributed by atoms with E-state index in [9.17, 15) is 10.1 Å². The summed E-state index contributed by atoms with van der Waals surface area (Å²) in [6, 6.07) is 17.5. The largest absolute Gasteiger partial charge is 0.351 e. The lowest BCUT2D eigenvalue weighted by Gasteiger charge is -2.36. The summed E-state index contributed by atoms with van der Waals surface area (Å²) in [7, 11) is 0. The van der Waals surface area contributed by atoms with Gasteiger partial charge in [-0.3, -0.25) is 10.00 Å². The molecule has 0 radical (unpaired) electrons. The highest BCUT2D eigenvalue weighted by atomic mass is 35.5. The summed E-state index contributed by atoms with van der Waals surface area (Å²) in [5.41, 5.74) is 2.22. The molecule has 3 aromatic heterocycles. The molecule has 0 atom stereocenters. The third-order valence-electron chi connectivity index (χ3n) is 6.54. The first-order valence-electron chi connectivity index (χ1n) is 12.4. The van der Waals surface area contributed by atoms with Gasteiger partial charge < -0.3 is 10.6 Å². The smallest absolute Gasteiger partial charge is 0.323 e. The number of aromatic nitrogens is 5. The quantitative estimate of drug-likeness (QED) is 0.310. The topological polar surface area (TPSA) is 136 Å². The van der Waals surface area contributed by atoms with Gasteiger partial charge in [-0.05, 0) is 43.4 Å². The number of nitrogens with one attached hydrogen (secondary N) is 3. The van der Waals surface area contributed by atoms with Crippen LogP contribution in [0.15, 0.2) is 67.1 Å². The first-order valence-corrected chi connectivity index (χ1v) is 12.7. The van der Waals surface area contributed by atoms with Crippen molar-refractivity contribution in [2.24, 2.45) is 0 Å². The third kappa shape index (κ3) is 5.74. The van der Waals surface area contributed by atoms with Crippen LogP contribution in [-0.2, 0) is 6.54 Å². The molecule has 38 heavy (non-hydrogen) atoms. The van der Waals surface area contributed by atoms with Crippen LogP contribution in [0.1, 0.15) is 36.8 Å². The Labute approximate surface area is 225 Å². The Bertz CT molecular complexity index is 1410. The van der Waals surface area contributed by atoms with Crippen LogP contribution < -0.4 is 15.5 Å². The maximum Gasteiger partial charge on any atom is 0.323 e. The van der Waals surface area contributed by atoms with E-state index in [4.69, 9.17) is 11.6 Å². The molecule has 4 aromatic rings. The number of anilines is 2. The number of amides is 2. The number of carbonyl (C=O) groups is 1. The Hall–Kier alpha value is -4.49. The van der Waals surface area contributed by atoms with Crippen LogP contribution in [0.3, 0.4) is 0 Å². The second-order valence-corrected chi connectivity index (χ2v) is 9.42. The number of nitrogens with zero attached hydrogens (tertiary/aromatic N) is 6. The van der Waals surface area contributed by atoms with Crippen molar-refractivity contribution in [1.82, 2.24) is 30.5 Å². The molecule has 1 fully saturated rings.